The molecule has 0 saturated heterocycles. The van der Waals surface area contributed by atoms with Crippen LogP contribution >= 0.6 is 0 Å². The molecule has 0 aliphatic carbocycles. The Kier molecular flexibility index (Phi) is 2.49. The van der Waals surface area contributed by atoms with E-state index in [1.165, 1.54) is 75.4 Å². The maximum atomic E-state index is 2.35. The van der Waals surface area contributed by atoms with E-state index in [9.17, 15) is 0 Å². The van der Waals surface area contributed by atoms with Crippen molar-refractivity contribution in [2.75, 3.05) is 0 Å². The molecule has 136 valence electrons. The van der Waals surface area contributed by atoms with E-state index in [2.05, 4.69) is 97.1 Å². The Labute approximate surface area is 172 Å². The monoisotopic (exact) mass is 376 g/mol. The van der Waals surface area contributed by atoms with Gasteiger partial charge in [0.25, 0.3) is 0 Å². The first-order valence-electron chi connectivity index (χ1n) is 10.5. The van der Waals surface area contributed by atoms with Crippen LogP contribution in [0, 0.1) is 0 Å². The number of hydrogen-bond acceptors (Lipinski definition) is 0. The van der Waals surface area contributed by atoms with E-state index in [1.54, 1.807) is 0 Å². The van der Waals surface area contributed by atoms with Crippen molar-refractivity contribution in [3.8, 4) is 0 Å². The molecule has 0 spiro atoms. The summed E-state index contributed by atoms with van der Waals surface area (Å²) >= 11 is 0. The summed E-state index contributed by atoms with van der Waals surface area (Å²) in [5.41, 5.74) is 0. The molecule has 0 heteroatoms. The fraction of sp³-hybridized carbons (Fsp3) is 0. The fourth-order valence-corrected chi connectivity index (χ4v) is 5.97. The van der Waals surface area contributed by atoms with Gasteiger partial charge in [-0.05, 0) is 75.4 Å². The molecule has 0 N–H and O–H groups in total. The summed E-state index contributed by atoms with van der Waals surface area (Å²) in [5.74, 6) is 0. The lowest BCUT2D eigenvalue weighted by Gasteiger charge is -2.19. The zero-order valence-electron chi connectivity index (χ0n) is 16.2. The zero-order valence-corrected chi connectivity index (χ0v) is 16.2. The van der Waals surface area contributed by atoms with E-state index >= 15 is 0 Å². The van der Waals surface area contributed by atoms with Gasteiger partial charge in [0.05, 0.1) is 0 Å². The molecule has 0 radical (unpaired) electrons. The van der Waals surface area contributed by atoms with Crippen molar-refractivity contribution in [3.63, 3.8) is 0 Å². The molecule has 0 fully saturated rings. The van der Waals surface area contributed by atoms with Crippen LogP contribution < -0.4 is 0 Å². The summed E-state index contributed by atoms with van der Waals surface area (Å²) in [4.78, 5) is 0. The first-order valence-corrected chi connectivity index (χ1v) is 10.5. The summed E-state index contributed by atoms with van der Waals surface area (Å²) in [6.45, 7) is 0. The van der Waals surface area contributed by atoms with Gasteiger partial charge in [0, 0.05) is 0 Å². The van der Waals surface area contributed by atoms with Gasteiger partial charge in [-0.2, -0.15) is 0 Å². The molecule has 8 rings (SSSR count). The van der Waals surface area contributed by atoms with E-state index < -0.39 is 0 Å². The number of hydrogen-bond donors (Lipinski definition) is 0. The lowest BCUT2D eigenvalue weighted by molar-refractivity contribution is 1.79. The summed E-state index contributed by atoms with van der Waals surface area (Å²) in [5, 5.41) is 19.1. The van der Waals surface area contributed by atoms with Crippen molar-refractivity contribution in [2.24, 2.45) is 0 Å². The molecule has 0 bridgehead atoms. The predicted octanol–water partition coefficient (Wildman–Crippen LogP) is 8.63. The molecule has 0 atom stereocenters. The highest BCUT2D eigenvalue weighted by molar-refractivity contribution is 6.42. The standard InChI is InChI=1S/C30H16/c1-5-17-6-2-10-20-24-15-16-26-22-12-4-8-18-7-3-11-21(28(18)22)25-14-13-23(29(24)30(25)26)19(9-1)27(17)20/h1-16H. The van der Waals surface area contributed by atoms with Gasteiger partial charge in [-0.15, -0.1) is 0 Å². The van der Waals surface area contributed by atoms with Crippen molar-refractivity contribution in [1.82, 2.24) is 0 Å². The van der Waals surface area contributed by atoms with Crippen molar-refractivity contribution in [1.29, 1.82) is 0 Å². The van der Waals surface area contributed by atoms with Crippen LogP contribution in [0.4, 0.5) is 0 Å². The van der Waals surface area contributed by atoms with Gasteiger partial charge in [-0.25, -0.2) is 0 Å². The molecule has 8 aromatic rings. The van der Waals surface area contributed by atoms with E-state index in [1.807, 2.05) is 0 Å². The van der Waals surface area contributed by atoms with Gasteiger partial charge >= 0.3 is 0 Å². The molecule has 0 nitrogen and oxygen atoms in total. The van der Waals surface area contributed by atoms with Gasteiger partial charge in [-0.3, -0.25) is 0 Å². The average molecular weight is 376 g/mol. The highest BCUT2D eigenvalue weighted by atomic mass is 14.2. The minimum Gasteiger partial charge on any atom is -0.0610 e. The van der Waals surface area contributed by atoms with Gasteiger partial charge in [0.1, 0.15) is 0 Å². The lowest BCUT2D eigenvalue weighted by atomic mass is 9.84. The molecule has 8 aromatic carbocycles. The van der Waals surface area contributed by atoms with Crippen LogP contribution in [0.25, 0.3) is 75.4 Å². The second-order valence-corrected chi connectivity index (χ2v) is 8.49. The molecule has 0 heterocycles. The van der Waals surface area contributed by atoms with Gasteiger partial charge < -0.3 is 0 Å². The summed E-state index contributed by atoms with van der Waals surface area (Å²) in [6, 6.07) is 36.2. The maximum absolute atomic E-state index is 2.35. The predicted molar refractivity (Wildman–Crippen MR) is 131 cm³/mol. The van der Waals surface area contributed by atoms with Gasteiger partial charge in [-0.1, -0.05) is 97.1 Å². The van der Waals surface area contributed by atoms with Crippen molar-refractivity contribution >= 4 is 75.4 Å². The molecular weight excluding hydrogens is 360 g/mol. The Morgan fingerprint density at radius 2 is 0.500 bits per heavy atom. The number of benzene rings is 8. The van der Waals surface area contributed by atoms with Gasteiger partial charge in [0.15, 0.2) is 0 Å². The van der Waals surface area contributed by atoms with E-state index in [0.29, 0.717) is 0 Å². The van der Waals surface area contributed by atoms with Crippen LogP contribution in [0.1, 0.15) is 0 Å². The van der Waals surface area contributed by atoms with E-state index in [0.717, 1.165) is 0 Å². The third-order valence-corrected chi connectivity index (χ3v) is 7.13. The SMILES string of the molecule is c1cc2cccc3c4ccc5c6cccc7cccc(c8ccc(c(c1)c23)c4c85)c76. The molecule has 0 aromatic heterocycles. The first-order chi connectivity index (χ1) is 14.9. The van der Waals surface area contributed by atoms with E-state index in [-0.39, 0.29) is 0 Å². The average Bonchev–Trinajstić information content (AvgIpc) is 2.81. The largest absolute Gasteiger partial charge is 0.0610 e. The van der Waals surface area contributed by atoms with Crippen LogP contribution in [0.2, 0.25) is 0 Å². The fourth-order valence-electron chi connectivity index (χ4n) is 5.97. The van der Waals surface area contributed by atoms with Crippen molar-refractivity contribution in [2.45, 2.75) is 0 Å². The Morgan fingerprint density at radius 1 is 0.233 bits per heavy atom. The Balaban J connectivity index is 1.80. The maximum Gasteiger partial charge on any atom is -0.00139 e. The van der Waals surface area contributed by atoms with Crippen molar-refractivity contribution < 1.29 is 0 Å². The minimum atomic E-state index is 1.32. The number of fused-ring (bicyclic) bond motifs is 4. The Bertz CT molecular complexity index is 1670. The normalized spacial score (nSPS) is 12.7. The second-order valence-electron chi connectivity index (χ2n) is 8.49. The summed E-state index contributed by atoms with van der Waals surface area (Å²) in [6.07, 6.45) is 0. The van der Waals surface area contributed by atoms with E-state index in [4.69, 9.17) is 0 Å². The topological polar surface area (TPSA) is 0 Å². The lowest BCUT2D eigenvalue weighted by Crippen LogP contribution is -1.90. The zero-order chi connectivity index (χ0) is 19.4. The highest BCUT2D eigenvalue weighted by Crippen LogP contribution is 2.46. The Hall–Kier alpha value is -3.90. The molecule has 0 aliphatic rings. The smallest absolute Gasteiger partial charge is 0.00139 e. The number of rotatable bonds is 0. The summed E-state index contributed by atoms with van der Waals surface area (Å²) in [7, 11) is 0. The van der Waals surface area contributed by atoms with Crippen LogP contribution in [0.3, 0.4) is 0 Å². The van der Waals surface area contributed by atoms with Crippen LogP contribution in [0.5, 0.6) is 0 Å². The first kappa shape index (κ1) is 15.0. The molecule has 0 amide bonds. The molecule has 30 heavy (non-hydrogen) atoms. The Morgan fingerprint density at radius 3 is 0.800 bits per heavy atom. The van der Waals surface area contributed by atoms with Gasteiger partial charge in [0.2, 0.25) is 0 Å². The van der Waals surface area contributed by atoms with Crippen molar-refractivity contribution in [3.05, 3.63) is 97.1 Å². The molecule has 0 saturated carbocycles. The molecule has 0 unspecified atom stereocenters. The van der Waals surface area contributed by atoms with Crippen LogP contribution in [-0.2, 0) is 0 Å². The summed E-state index contributed by atoms with van der Waals surface area (Å²) < 4.78 is 0. The van der Waals surface area contributed by atoms with Crippen LogP contribution in [-0.4, -0.2) is 0 Å². The third kappa shape index (κ3) is 1.58. The molecule has 0 aliphatic heterocycles. The second kappa shape index (κ2) is 4.98. The highest BCUT2D eigenvalue weighted by Gasteiger charge is 2.18. The van der Waals surface area contributed by atoms with Crippen LogP contribution in [0.15, 0.2) is 97.1 Å². The quantitative estimate of drug-likeness (QED) is 0.183. The molecular formula is C30H16. The third-order valence-electron chi connectivity index (χ3n) is 7.13. The minimum absolute atomic E-state index is 1.32.